The lowest BCUT2D eigenvalue weighted by atomic mass is 10.1. The van der Waals surface area contributed by atoms with Crippen molar-refractivity contribution in [1.82, 2.24) is 15.5 Å². The molecule has 0 aromatic heterocycles. The first-order chi connectivity index (χ1) is 10.3. The normalized spacial score (nSPS) is 15.8. The molecular weight excluding hydrogens is 395 g/mol. The molecule has 1 saturated heterocycles. The molecule has 0 aromatic carbocycles. The van der Waals surface area contributed by atoms with Gasteiger partial charge in [0.25, 0.3) is 0 Å². The van der Waals surface area contributed by atoms with Crippen LogP contribution in [0.25, 0.3) is 0 Å². The molecule has 0 aliphatic carbocycles. The largest absolute Gasteiger partial charge is 0.466 e. The second kappa shape index (κ2) is 14.0. The number of carbonyl (C=O) groups is 1. The van der Waals surface area contributed by atoms with Crippen LogP contribution in [-0.4, -0.2) is 63.2 Å². The van der Waals surface area contributed by atoms with E-state index in [2.05, 4.69) is 20.5 Å². The minimum atomic E-state index is -0.132. The van der Waals surface area contributed by atoms with Gasteiger partial charge in [-0.1, -0.05) is 6.42 Å². The van der Waals surface area contributed by atoms with Crippen molar-refractivity contribution in [2.45, 2.75) is 39.0 Å². The number of guanidine groups is 1. The van der Waals surface area contributed by atoms with Crippen molar-refractivity contribution in [1.29, 1.82) is 0 Å². The third kappa shape index (κ3) is 10.2. The second-order valence-corrected chi connectivity index (χ2v) is 5.24. The number of likely N-dealkylation sites (tertiary alicyclic amines) is 1. The number of hydrogen-bond donors (Lipinski definition) is 2. The third-order valence-corrected chi connectivity index (χ3v) is 3.55. The maximum absolute atomic E-state index is 11.2. The Morgan fingerprint density at radius 1 is 1.18 bits per heavy atom. The predicted octanol–water partition coefficient (Wildman–Crippen LogP) is 1.60. The van der Waals surface area contributed by atoms with Crippen LogP contribution in [0.2, 0.25) is 0 Å². The zero-order valence-electron chi connectivity index (χ0n) is 13.9. The summed E-state index contributed by atoms with van der Waals surface area (Å²) in [6, 6.07) is 0. The van der Waals surface area contributed by atoms with Gasteiger partial charge < -0.3 is 20.3 Å². The number of ether oxygens (including phenoxy) is 1. The first-order valence-corrected chi connectivity index (χ1v) is 8.08. The van der Waals surface area contributed by atoms with E-state index < -0.39 is 0 Å². The van der Waals surface area contributed by atoms with Crippen LogP contribution in [0.4, 0.5) is 0 Å². The molecule has 6 nitrogen and oxygen atoms in total. The van der Waals surface area contributed by atoms with Gasteiger partial charge in [0.05, 0.1) is 6.61 Å². The minimum Gasteiger partial charge on any atom is -0.466 e. The fourth-order valence-corrected chi connectivity index (χ4v) is 2.41. The Labute approximate surface area is 151 Å². The predicted molar refractivity (Wildman–Crippen MR) is 101 cm³/mol. The molecule has 0 unspecified atom stereocenters. The van der Waals surface area contributed by atoms with Gasteiger partial charge in [-0.3, -0.25) is 9.79 Å². The molecule has 1 aliphatic rings. The Balaban J connectivity index is 0.00000441. The molecule has 130 valence electrons. The molecule has 1 aliphatic heterocycles. The van der Waals surface area contributed by atoms with E-state index in [-0.39, 0.29) is 29.9 Å². The molecule has 1 heterocycles. The van der Waals surface area contributed by atoms with Crippen LogP contribution >= 0.6 is 24.0 Å². The molecule has 0 spiro atoms. The second-order valence-electron chi connectivity index (χ2n) is 5.24. The number of hydrogen-bond acceptors (Lipinski definition) is 4. The fourth-order valence-electron chi connectivity index (χ4n) is 2.41. The van der Waals surface area contributed by atoms with Crippen molar-refractivity contribution in [3.05, 3.63) is 0 Å². The van der Waals surface area contributed by atoms with Gasteiger partial charge in [0.2, 0.25) is 0 Å². The number of piperidine rings is 1. The Morgan fingerprint density at radius 2 is 1.86 bits per heavy atom. The van der Waals surface area contributed by atoms with Crippen LogP contribution in [-0.2, 0) is 9.53 Å². The molecule has 22 heavy (non-hydrogen) atoms. The van der Waals surface area contributed by atoms with Crippen LogP contribution in [0, 0.1) is 0 Å². The topological polar surface area (TPSA) is 66.0 Å². The first kappa shape index (κ1) is 21.4. The number of halogens is 1. The van der Waals surface area contributed by atoms with Crippen LogP contribution in [0.15, 0.2) is 4.99 Å². The highest BCUT2D eigenvalue weighted by molar-refractivity contribution is 14.0. The Hall–Kier alpha value is -0.570. The monoisotopic (exact) mass is 426 g/mol. The van der Waals surface area contributed by atoms with Gasteiger partial charge in [0.15, 0.2) is 5.96 Å². The highest BCUT2D eigenvalue weighted by atomic mass is 127. The van der Waals surface area contributed by atoms with Crippen LogP contribution < -0.4 is 10.6 Å². The van der Waals surface area contributed by atoms with E-state index >= 15 is 0 Å². The molecule has 0 amide bonds. The Bertz CT molecular complexity index is 321. The summed E-state index contributed by atoms with van der Waals surface area (Å²) in [5, 5.41) is 6.53. The molecule has 7 heteroatoms. The number of rotatable bonds is 8. The van der Waals surface area contributed by atoms with Crippen molar-refractivity contribution >= 4 is 35.9 Å². The third-order valence-electron chi connectivity index (χ3n) is 3.55. The summed E-state index contributed by atoms with van der Waals surface area (Å²) in [5.41, 5.74) is 0. The van der Waals surface area contributed by atoms with E-state index in [0.717, 1.165) is 32.0 Å². The molecule has 1 fully saturated rings. The van der Waals surface area contributed by atoms with Crippen molar-refractivity contribution in [3.63, 3.8) is 0 Å². The quantitative estimate of drug-likeness (QED) is 0.203. The van der Waals surface area contributed by atoms with Gasteiger partial charge in [-0.2, -0.15) is 0 Å². The van der Waals surface area contributed by atoms with Crippen LogP contribution in [0.5, 0.6) is 0 Å². The summed E-state index contributed by atoms with van der Waals surface area (Å²) >= 11 is 0. The molecule has 0 atom stereocenters. The summed E-state index contributed by atoms with van der Waals surface area (Å²) in [5.74, 6) is 0.670. The van der Waals surface area contributed by atoms with E-state index in [0.29, 0.717) is 13.0 Å². The lowest BCUT2D eigenvalue weighted by Crippen LogP contribution is -2.42. The van der Waals surface area contributed by atoms with Gasteiger partial charge >= 0.3 is 5.97 Å². The molecule has 0 bridgehead atoms. The van der Waals surface area contributed by atoms with Gasteiger partial charge in [-0.05, 0) is 39.3 Å². The van der Waals surface area contributed by atoms with Gasteiger partial charge in [-0.25, -0.2) is 0 Å². The van der Waals surface area contributed by atoms with Crippen LogP contribution in [0.3, 0.4) is 0 Å². The van der Waals surface area contributed by atoms with E-state index in [1.165, 1.54) is 32.4 Å². The minimum absolute atomic E-state index is 0. The first-order valence-electron chi connectivity index (χ1n) is 8.08. The van der Waals surface area contributed by atoms with Gasteiger partial charge in [-0.15, -0.1) is 24.0 Å². The number of esters is 1. The van der Waals surface area contributed by atoms with E-state index in [9.17, 15) is 4.79 Å². The van der Waals surface area contributed by atoms with Crippen molar-refractivity contribution in [2.75, 3.05) is 46.4 Å². The number of nitrogens with zero attached hydrogens (tertiary/aromatic N) is 2. The summed E-state index contributed by atoms with van der Waals surface area (Å²) in [6.07, 6.45) is 5.21. The Kier molecular flexibility index (Phi) is 13.7. The molecule has 0 saturated carbocycles. The Morgan fingerprint density at radius 3 is 2.50 bits per heavy atom. The zero-order chi connectivity index (χ0) is 15.3. The summed E-state index contributed by atoms with van der Waals surface area (Å²) in [7, 11) is 1.77. The van der Waals surface area contributed by atoms with Crippen molar-refractivity contribution in [2.24, 2.45) is 4.99 Å². The highest BCUT2D eigenvalue weighted by Gasteiger charge is 2.09. The standard InChI is InChI=1S/C15H30N4O2.HI/c1-3-21-14(20)8-7-9-17-15(16-2)18-10-13-19-11-5-4-6-12-19;/h3-13H2,1-2H3,(H2,16,17,18);1H. The molecular formula is C15H31IN4O2. The summed E-state index contributed by atoms with van der Waals surface area (Å²) in [4.78, 5) is 17.9. The lowest BCUT2D eigenvalue weighted by Gasteiger charge is -2.26. The van der Waals surface area contributed by atoms with E-state index in [4.69, 9.17) is 4.74 Å². The smallest absolute Gasteiger partial charge is 0.305 e. The van der Waals surface area contributed by atoms with Crippen molar-refractivity contribution in [3.8, 4) is 0 Å². The van der Waals surface area contributed by atoms with Gasteiger partial charge in [0, 0.05) is 33.1 Å². The fraction of sp³-hybridized carbons (Fsp3) is 0.867. The highest BCUT2D eigenvalue weighted by Crippen LogP contribution is 2.07. The number of nitrogens with one attached hydrogen (secondary N) is 2. The number of aliphatic imine (C=N–C) groups is 1. The maximum Gasteiger partial charge on any atom is 0.305 e. The van der Waals surface area contributed by atoms with E-state index in [1.54, 1.807) is 7.05 Å². The molecule has 1 rings (SSSR count). The summed E-state index contributed by atoms with van der Waals surface area (Å²) in [6.45, 7) is 7.39. The average Bonchev–Trinajstić information content (AvgIpc) is 2.51. The average molecular weight is 426 g/mol. The van der Waals surface area contributed by atoms with Gasteiger partial charge in [0.1, 0.15) is 0 Å². The SMILES string of the molecule is CCOC(=O)CCCNC(=NC)NCCN1CCCCC1.I. The molecule has 0 radical (unpaired) electrons. The van der Waals surface area contributed by atoms with E-state index in [1.807, 2.05) is 6.92 Å². The lowest BCUT2D eigenvalue weighted by molar-refractivity contribution is -0.143. The maximum atomic E-state index is 11.2. The molecule has 2 N–H and O–H groups in total. The zero-order valence-corrected chi connectivity index (χ0v) is 16.2. The number of carbonyl (C=O) groups excluding carboxylic acids is 1. The van der Waals surface area contributed by atoms with Crippen LogP contribution in [0.1, 0.15) is 39.0 Å². The molecule has 0 aromatic rings. The summed E-state index contributed by atoms with van der Waals surface area (Å²) < 4.78 is 4.89. The van der Waals surface area contributed by atoms with Crippen molar-refractivity contribution < 1.29 is 9.53 Å².